The maximum atomic E-state index is 13.0. The third kappa shape index (κ3) is 4.61. The van der Waals surface area contributed by atoms with Crippen molar-refractivity contribution in [1.29, 1.82) is 0 Å². The maximum absolute atomic E-state index is 13.0. The van der Waals surface area contributed by atoms with Crippen molar-refractivity contribution in [2.24, 2.45) is 14.1 Å². The van der Waals surface area contributed by atoms with Crippen LogP contribution in [0.4, 0.5) is 17.2 Å². The van der Waals surface area contributed by atoms with Gasteiger partial charge in [-0.3, -0.25) is 18.7 Å². The van der Waals surface area contributed by atoms with Crippen molar-refractivity contribution in [1.82, 2.24) is 19.0 Å². The standard InChI is InChI=1S/C23H29N7O3/c1-15-6-5-7-16(12-15)25-19(31)14-24-17-13-18(30-10-8-27(2)9-11-30)26-21-20(17)22(32)29(4)23(33)28(21)3/h5-7,12-13H,8-11,14H2,1-4H3,(H,24,26)(H,25,31). The molecule has 0 spiro atoms. The molecule has 1 amide bonds. The zero-order valence-corrected chi connectivity index (χ0v) is 19.4. The fourth-order valence-electron chi connectivity index (χ4n) is 3.98. The molecule has 33 heavy (non-hydrogen) atoms. The van der Waals surface area contributed by atoms with Crippen LogP contribution < -0.4 is 26.8 Å². The highest BCUT2D eigenvalue weighted by Gasteiger charge is 2.21. The number of anilines is 3. The molecule has 174 valence electrons. The van der Waals surface area contributed by atoms with Gasteiger partial charge in [0.05, 0.1) is 12.2 Å². The van der Waals surface area contributed by atoms with E-state index in [-0.39, 0.29) is 17.8 Å². The van der Waals surface area contributed by atoms with Gasteiger partial charge in [0.15, 0.2) is 5.65 Å². The first-order valence-electron chi connectivity index (χ1n) is 10.9. The van der Waals surface area contributed by atoms with Crippen molar-refractivity contribution in [2.45, 2.75) is 6.92 Å². The quantitative estimate of drug-likeness (QED) is 0.590. The molecule has 1 aromatic carbocycles. The predicted molar refractivity (Wildman–Crippen MR) is 130 cm³/mol. The van der Waals surface area contributed by atoms with Crippen LogP contribution in [0.3, 0.4) is 0 Å². The van der Waals surface area contributed by atoms with Crippen LogP contribution in [-0.2, 0) is 18.9 Å². The highest BCUT2D eigenvalue weighted by atomic mass is 16.2. The molecule has 0 unspecified atom stereocenters. The van der Waals surface area contributed by atoms with Crippen molar-refractivity contribution in [3.8, 4) is 0 Å². The summed E-state index contributed by atoms with van der Waals surface area (Å²) in [7, 11) is 5.10. The molecule has 1 aliphatic rings. The number of hydrogen-bond acceptors (Lipinski definition) is 7. The molecule has 0 radical (unpaired) electrons. The molecule has 3 heterocycles. The summed E-state index contributed by atoms with van der Waals surface area (Å²) in [5.41, 5.74) is 1.62. The Morgan fingerprint density at radius 1 is 1.03 bits per heavy atom. The first kappa shape index (κ1) is 22.5. The lowest BCUT2D eigenvalue weighted by atomic mass is 10.2. The van der Waals surface area contributed by atoms with Gasteiger partial charge in [-0.25, -0.2) is 9.78 Å². The normalized spacial score (nSPS) is 14.5. The van der Waals surface area contributed by atoms with E-state index in [0.717, 1.165) is 36.3 Å². The summed E-state index contributed by atoms with van der Waals surface area (Å²) in [4.78, 5) is 47.1. The third-order valence-corrected chi connectivity index (χ3v) is 5.97. The van der Waals surface area contributed by atoms with Crippen LogP contribution in [0, 0.1) is 6.92 Å². The molecule has 2 N–H and O–H groups in total. The summed E-state index contributed by atoms with van der Waals surface area (Å²) < 4.78 is 2.42. The lowest BCUT2D eigenvalue weighted by Gasteiger charge is -2.33. The molecule has 0 saturated carbocycles. The molecule has 1 fully saturated rings. The Morgan fingerprint density at radius 2 is 1.76 bits per heavy atom. The van der Waals surface area contributed by atoms with E-state index < -0.39 is 11.2 Å². The summed E-state index contributed by atoms with van der Waals surface area (Å²) in [6.45, 7) is 5.24. The van der Waals surface area contributed by atoms with E-state index in [0.29, 0.717) is 22.8 Å². The number of benzene rings is 1. The van der Waals surface area contributed by atoms with Crippen molar-refractivity contribution < 1.29 is 4.79 Å². The number of rotatable bonds is 5. The fraction of sp³-hybridized carbons (Fsp3) is 0.391. The minimum atomic E-state index is -0.452. The number of fused-ring (bicyclic) bond motifs is 1. The summed E-state index contributed by atoms with van der Waals surface area (Å²) in [6.07, 6.45) is 0. The lowest BCUT2D eigenvalue weighted by molar-refractivity contribution is -0.114. The average molecular weight is 452 g/mol. The monoisotopic (exact) mass is 451 g/mol. The minimum Gasteiger partial charge on any atom is -0.375 e. The number of aromatic nitrogens is 3. The van der Waals surface area contributed by atoms with Crippen LogP contribution in [0.25, 0.3) is 11.0 Å². The molecule has 4 rings (SSSR count). The van der Waals surface area contributed by atoms with Gasteiger partial charge in [-0.2, -0.15) is 0 Å². The lowest BCUT2D eigenvalue weighted by Crippen LogP contribution is -2.45. The highest BCUT2D eigenvalue weighted by molar-refractivity contribution is 5.96. The summed E-state index contributed by atoms with van der Waals surface area (Å²) in [5, 5.41) is 6.24. The molecule has 1 aliphatic heterocycles. The smallest absolute Gasteiger partial charge is 0.332 e. The molecule has 0 aliphatic carbocycles. The Balaban J connectivity index is 1.69. The van der Waals surface area contributed by atoms with E-state index in [9.17, 15) is 14.4 Å². The number of amides is 1. The van der Waals surface area contributed by atoms with Crippen molar-refractivity contribution >= 4 is 34.1 Å². The number of nitrogens with zero attached hydrogens (tertiary/aromatic N) is 5. The first-order chi connectivity index (χ1) is 15.7. The number of pyridine rings is 1. The van der Waals surface area contributed by atoms with Crippen molar-refractivity contribution in [2.75, 3.05) is 55.3 Å². The van der Waals surface area contributed by atoms with E-state index in [2.05, 4.69) is 32.5 Å². The molecule has 3 aromatic rings. The fourth-order valence-corrected chi connectivity index (χ4v) is 3.98. The van der Waals surface area contributed by atoms with Crippen LogP contribution in [0.15, 0.2) is 39.9 Å². The Labute approximate surface area is 191 Å². The molecule has 1 saturated heterocycles. The van der Waals surface area contributed by atoms with Gasteiger partial charge < -0.3 is 20.4 Å². The Bertz CT molecular complexity index is 1320. The number of carbonyl (C=O) groups is 1. The largest absolute Gasteiger partial charge is 0.375 e. The molecular weight excluding hydrogens is 422 g/mol. The number of likely N-dealkylation sites (N-methyl/N-ethyl adjacent to an activating group) is 1. The summed E-state index contributed by atoms with van der Waals surface area (Å²) in [5.74, 6) is 0.425. The van der Waals surface area contributed by atoms with Crippen LogP contribution in [0.1, 0.15) is 5.56 Å². The number of piperazine rings is 1. The van der Waals surface area contributed by atoms with Crippen LogP contribution in [-0.4, -0.2) is 64.7 Å². The van der Waals surface area contributed by atoms with Gasteiger partial charge in [0.1, 0.15) is 11.2 Å². The molecule has 10 heteroatoms. The van der Waals surface area contributed by atoms with Crippen molar-refractivity contribution in [3.05, 3.63) is 56.7 Å². The van der Waals surface area contributed by atoms with E-state index >= 15 is 0 Å². The van der Waals surface area contributed by atoms with E-state index in [1.165, 1.54) is 11.6 Å². The number of aryl methyl sites for hydroxylation is 2. The summed E-state index contributed by atoms with van der Waals surface area (Å²) in [6, 6.07) is 9.33. The molecule has 0 atom stereocenters. The Kier molecular flexibility index (Phi) is 6.19. The second-order valence-electron chi connectivity index (χ2n) is 8.49. The van der Waals surface area contributed by atoms with Gasteiger partial charge in [0.2, 0.25) is 5.91 Å². The van der Waals surface area contributed by atoms with E-state index in [1.807, 2.05) is 31.2 Å². The minimum absolute atomic E-state index is 0.0404. The second kappa shape index (κ2) is 9.07. The van der Waals surface area contributed by atoms with Crippen LogP contribution in [0.5, 0.6) is 0 Å². The number of hydrogen-bond donors (Lipinski definition) is 2. The third-order valence-electron chi connectivity index (χ3n) is 5.97. The SMILES string of the molecule is Cc1cccc(NC(=O)CNc2cc(N3CCN(C)CC3)nc3c2c(=O)n(C)c(=O)n3C)c1. The van der Waals surface area contributed by atoms with Gasteiger partial charge >= 0.3 is 5.69 Å². The van der Waals surface area contributed by atoms with Gasteiger partial charge in [0, 0.05) is 52.0 Å². The van der Waals surface area contributed by atoms with E-state index in [1.54, 1.807) is 13.1 Å². The predicted octanol–water partition coefficient (Wildman–Crippen LogP) is 0.743. The summed E-state index contributed by atoms with van der Waals surface area (Å²) >= 11 is 0. The Morgan fingerprint density at radius 3 is 2.45 bits per heavy atom. The molecule has 0 bridgehead atoms. The highest BCUT2D eigenvalue weighted by Crippen LogP contribution is 2.25. The zero-order valence-electron chi connectivity index (χ0n) is 19.4. The van der Waals surface area contributed by atoms with Gasteiger partial charge in [-0.05, 0) is 31.7 Å². The van der Waals surface area contributed by atoms with Crippen molar-refractivity contribution in [3.63, 3.8) is 0 Å². The molecule has 2 aromatic heterocycles. The van der Waals surface area contributed by atoms with Crippen LogP contribution in [0.2, 0.25) is 0 Å². The maximum Gasteiger partial charge on any atom is 0.332 e. The number of carbonyl (C=O) groups excluding carboxylic acids is 1. The molecule has 10 nitrogen and oxygen atoms in total. The second-order valence-corrected chi connectivity index (χ2v) is 8.49. The zero-order chi connectivity index (χ0) is 23.7. The van der Waals surface area contributed by atoms with E-state index in [4.69, 9.17) is 0 Å². The Hall–Kier alpha value is -3.66. The van der Waals surface area contributed by atoms with Gasteiger partial charge in [0.25, 0.3) is 5.56 Å². The van der Waals surface area contributed by atoms with Gasteiger partial charge in [-0.1, -0.05) is 12.1 Å². The number of nitrogens with one attached hydrogen (secondary N) is 2. The molecular formula is C23H29N7O3. The topological polar surface area (TPSA) is 104 Å². The average Bonchev–Trinajstić information content (AvgIpc) is 2.80. The van der Waals surface area contributed by atoms with Crippen LogP contribution >= 0.6 is 0 Å². The first-order valence-corrected chi connectivity index (χ1v) is 10.9. The van der Waals surface area contributed by atoms with Gasteiger partial charge in [-0.15, -0.1) is 0 Å².